The predicted molar refractivity (Wildman–Crippen MR) is 85.7 cm³/mol. The lowest BCUT2D eigenvalue weighted by Crippen LogP contribution is -2.35. The molecule has 0 atom stereocenters. The summed E-state index contributed by atoms with van der Waals surface area (Å²) in [5, 5.41) is 1.05. The van der Waals surface area contributed by atoms with Gasteiger partial charge in [-0.2, -0.15) is 0 Å². The van der Waals surface area contributed by atoms with Gasteiger partial charge in [-0.3, -0.25) is 14.5 Å². The van der Waals surface area contributed by atoms with Crippen LogP contribution in [0.5, 0.6) is 0 Å². The number of carbonyl (C=O) groups is 2. The van der Waals surface area contributed by atoms with Gasteiger partial charge in [-0.05, 0) is 48.8 Å². The van der Waals surface area contributed by atoms with Crippen molar-refractivity contribution in [1.82, 2.24) is 10.0 Å². The second-order valence-corrected chi connectivity index (χ2v) is 6.38. The fourth-order valence-corrected chi connectivity index (χ4v) is 1.82. The minimum Gasteiger partial charge on any atom is -0.443 e. The largest absolute Gasteiger partial charge is 0.443 e. The monoisotopic (exact) mass is 373 g/mol. The quantitative estimate of drug-likeness (QED) is 0.761. The molecular weight excluding hydrogens is 354 g/mol. The lowest BCUT2D eigenvalue weighted by molar-refractivity contribution is -0.0761. The Balaban J connectivity index is 3.07. The SMILES string of the molecule is CON(C)C(=O)c1nc(N(C)C(=O)OC(C)(C)C)ccc1Br. The molecule has 22 heavy (non-hydrogen) atoms. The molecule has 1 heterocycles. The summed E-state index contributed by atoms with van der Waals surface area (Å²) in [6, 6.07) is 3.25. The summed E-state index contributed by atoms with van der Waals surface area (Å²) in [7, 11) is 4.38. The topological polar surface area (TPSA) is 72.0 Å². The summed E-state index contributed by atoms with van der Waals surface area (Å²) in [6.07, 6.45) is -0.555. The van der Waals surface area contributed by atoms with E-state index in [1.54, 1.807) is 32.9 Å². The molecule has 0 aliphatic carbocycles. The first-order valence-electron chi connectivity index (χ1n) is 6.52. The highest BCUT2D eigenvalue weighted by Gasteiger charge is 2.23. The maximum Gasteiger partial charge on any atom is 0.415 e. The van der Waals surface area contributed by atoms with Gasteiger partial charge in [-0.1, -0.05) is 0 Å². The first-order chi connectivity index (χ1) is 10.1. The lowest BCUT2D eigenvalue weighted by Gasteiger charge is -2.24. The third-order valence-corrected chi connectivity index (χ3v) is 3.24. The van der Waals surface area contributed by atoms with Crippen molar-refractivity contribution in [3.05, 3.63) is 22.3 Å². The zero-order valence-electron chi connectivity index (χ0n) is 13.5. The molecule has 0 aliphatic rings. The molecule has 0 spiro atoms. The Labute approximate surface area is 138 Å². The van der Waals surface area contributed by atoms with Crippen molar-refractivity contribution in [2.75, 3.05) is 26.1 Å². The first kappa shape index (κ1) is 18.4. The van der Waals surface area contributed by atoms with Crippen LogP contribution in [0.1, 0.15) is 31.3 Å². The third kappa shape index (κ3) is 4.67. The molecule has 0 fully saturated rings. The number of amides is 2. The summed E-state index contributed by atoms with van der Waals surface area (Å²) in [6.45, 7) is 5.32. The molecular formula is C14H20BrN3O4. The van der Waals surface area contributed by atoms with Crippen molar-refractivity contribution >= 4 is 33.7 Å². The van der Waals surface area contributed by atoms with Crippen LogP contribution in [0.3, 0.4) is 0 Å². The van der Waals surface area contributed by atoms with E-state index in [1.807, 2.05) is 0 Å². The molecule has 0 aliphatic heterocycles. The van der Waals surface area contributed by atoms with E-state index in [-0.39, 0.29) is 5.69 Å². The van der Waals surface area contributed by atoms with Crippen molar-refractivity contribution in [1.29, 1.82) is 0 Å². The van der Waals surface area contributed by atoms with E-state index >= 15 is 0 Å². The van der Waals surface area contributed by atoms with Gasteiger partial charge < -0.3 is 4.74 Å². The highest BCUT2D eigenvalue weighted by atomic mass is 79.9. The summed E-state index contributed by atoms with van der Waals surface area (Å²) in [4.78, 5) is 34.5. The Morgan fingerprint density at radius 2 is 1.82 bits per heavy atom. The van der Waals surface area contributed by atoms with Crippen LogP contribution >= 0.6 is 15.9 Å². The minimum atomic E-state index is -0.615. The highest BCUT2D eigenvalue weighted by Crippen LogP contribution is 2.22. The fraction of sp³-hybridized carbons (Fsp3) is 0.500. The zero-order chi connectivity index (χ0) is 17.1. The van der Waals surface area contributed by atoms with Crippen LogP contribution in [0.2, 0.25) is 0 Å². The first-order valence-corrected chi connectivity index (χ1v) is 7.31. The van der Waals surface area contributed by atoms with Crippen LogP contribution in [-0.2, 0) is 9.57 Å². The number of aromatic nitrogens is 1. The molecule has 2 amide bonds. The molecule has 122 valence electrons. The number of pyridine rings is 1. The van der Waals surface area contributed by atoms with Crippen LogP contribution in [-0.4, -0.2) is 48.9 Å². The van der Waals surface area contributed by atoms with Crippen molar-refractivity contribution < 1.29 is 19.2 Å². The van der Waals surface area contributed by atoms with E-state index in [2.05, 4.69) is 20.9 Å². The van der Waals surface area contributed by atoms with Gasteiger partial charge in [0.05, 0.1) is 7.11 Å². The predicted octanol–water partition coefficient (Wildman–Crippen LogP) is 2.85. The maximum atomic E-state index is 12.1. The number of halogens is 1. The van der Waals surface area contributed by atoms with Crippen molar-refractivity contribution in [3.63, 3.8) is 0 Å². The van der Waals surface area contributed by atoms with Crippen molar-refractivity contribution in [2.45, 2.75) is 26.4 Å². The second-order valence-electron chi connectivity index (χ2n) is 5.52. The Bertz CT molecular complexity index is 572. The maximum absolute atomic E-state index is 12.1. The average molecular weight is 374 g/mol. The molecule has 0 radical (unpaired) electrons. The van der Waals surface area contributed by atoms with Crippen molar-refractivity contribution in [3.8, 4) is 0 Å². The van der Waals surface area contributed by atoms with Gasteiger partial charge in [0, 0.05) is 18.6 Å². The standard InChI is InChI=1S/C14H20BrN3O4/c1-14(2,3)22-13(20)17(4)10-8-7-9(15)11(16-10)12(19)18(5)21-6/h7-8H,1-6H3. The van der Waals surface area contributed by atoms with Gasteiger partial charge in [-0.15, -0.1) is 0 Å². The lowest BCUT2D eigenvalue weighted by atomic mass is 10.2. The third-order valence-electron chi connectivity index (χ3n) is 2.60. The van der Waals surface area contributed by atoms with Crippen LogP contribution < -0.4 is 4.90 Å². The van der Waals surface area contributed by atoms with Gasteiger partial charge >= 0.3 is 6.09 Å². The number of ether oxygens (including phenoxy) is 1. The highest BCUT2D eigenvalue weighted by molar-refractivity contribution is 9.10. The van der Waals surface area contributed by atoms with Gasteiger partial charge in [0.2, 0.25) is 0 Å². The van der Waals surface area contributed by atoms with Gasteiger partial charge in [0.1, 0.15) is 17.1 Å². The van der Waals surface area contributed by atoms with Crippen LogP contribution in [0.15, 0.2) is 16.6 Å². The Morgan fingerprint density at radius 3 is 2.32 bits per heavy atom. The number of rotatable bonds is 3. The molecule has 0 saturated carbocycles. The molecule has 0 aromatic carbocycles. The Morgan fingerprint density at radius 1 is 1.23 bits per heavy atom. The van der Waals surface area contributed by atoms with E-state index in [9.17, 15) is 9.59 Å². The summed E-state index contributed by atoms with van der Waals surface area (Å²) in [5.41, 5.74) is -0.479. The van der Waals surface area contributed by atoms with E-state index in [0.29, 0.717) is 10.3 Å². The molecule has 7 nitrogen and oxygen atoms in total. The molecule has 0 saturated heterocycles. The van der Waals surface area contributed by atoms with E-state index in [4.69, 9.17) is 9.57 Å². The fourth-order valence-electron chi connectivity index (χ4n) is 1.42. The number of carbonyl (C=O) groups excluding carboxylic acids is 2. The average Bonchev–Trinajstić information content (AvgIpc) is 2.43. The normalized spacial score (nSPS) is 11.0. The summed E-state index contributed by atoms with van der Waals surface area (Å²) >= 11 is 3.26. The molecule has 0 unspecified atom stereocenters. The molecule has 0 N–H and O–H groups in total. The summed E-state index contributed by atoms with van der Waals surface area (Å²) < 4.78 is 5.77. The van der Waals surface area contributed by atoms with Crippen LogP contribution in [0, 0.1) is 0 Å². The van der Waals surface area contributed by atoms with E-state index < -0.39 is 17.6 Å². The molecule has 1 rings (SSSR count). The zero-order valence-corrected chi connectivity index (χ0v) is 15.1. The number of hydroxylamine groups is 2. The number of anilines is 1. The van der Waals surface area contributed by atoms with Gasteiger partial charge in [-0.25, -0.2) is 14.8 Å². The molecule has 1 aromatic heterocycles. The van der Waals surface area contributed by atoms with Crippen molar-refractivity contribution in [2.24, 2.45) is 0 Å². The van der Waals surface area contributed by atoms with Gasteiger partial charge in [0.25, 0.3) is 5.91 Å². The number of nitrogens with zero attached hydrogens (tertiary/aromatic N) is 3. The van der Waals surface area contributed by atoms with Crippen LogP contribution in [0.4, 0.5) is 10.6 Å². The Hall–Kier alpha value is -1.67. The minimum absolute atomic E-state index is 0.136. The Kier molecular flexibility index (Phi) is 5.90. The molecule has 1 aromatic rings. The molecule has 0 bridgehead atoms. The van der Waals surface area contributed by atoms with E-state index in [0.717, 1.165) is 5.06 Å². The second kappa shape index (κ2) is 7.06. The van der Waals surface area contributed by atoms with Crippen LogP contribution in [0.25, 0.3) is 0 Å². The molecule has 8 heteroatoms. The van der Waals surface area contributed by atoms with Gasteiger partial charge in [0.15, 0.2) is 0 Å². The summed E-state index contributed by atoms with van der Waals surface area (Å²) in [5.74, 6) is -0.140. The smallest absolute Gasteiger partial charge is 0.415 e. The number of hydrogen-bond donors (Lipinski definition) is 0. The number of hydrogen-bond acceptors (Lipinski definition) is 5. The van der Waals surface area contributed by atoms with E-state index in [1.165, 1.54) is 26.1 Å².